The number of hydrogen-bond donors (Lipinski definition) is 3. The first-order valence-electron chi connectivity index (χ1n) is 10.1. The van der Waals surface area contributed by atoms with Gasteiger partial charge in [0.15, 0.2) is 11.1 Å². The Balaban J connectivity index is 1.54. The van der Waals surface area contributed by atoms with Crippen molar-refractivity contribution in [1.82, 2.24) is 15.3 Å². The van der Waals surface area contributed by atoms with Crippen LogP contribution in [0.1, 0.15) is 40.6 Å². The molecule has 0 saturated heterocycles. The van der Waals surface area contributed by atoms with Crippen LogP contribution in [0.3, 0.4) is 0 Å². The highest BCUT2D eigenvalue weighted by Gasteiger charge is 2.16. The van der Waals surface area contributed by atoms with Gasteiger partial charge in [0.1, 0.15) is 0 Å². The zero-order valence-electron chi connectivity index (χ0n) is 17.3. The molecule has 0 radical (unpaired) electrons. The largest absolute Gasteiger partial charge is 0.375 e. The van der Waals surface area contributed by atoms with Gasteiger partial charge in [-0.3, -0.25) is 9.98 Å². The van der Waals surface area contributed by atoms with Gasteiger partial charge in [0.05, 0.1) is 15.7 Å². The van der Waals surface area contributed by atoms with Gasteiger partial charge in [-0.25, -0.2) is 4.98 Å². The fourth-order valence-electron chi connectivity index (χ4n) is 3.32. The highest BCUT2D eigenvalue weighted by atomic mass is 35.5. The van der Waals surface area contributed by atoms with Crippen molar-refractivity contribution in [3.63, 3.8) is 0 Å². The molecule has 0 aliphatic carbocycles. The third-order valence-corrected chi connectivity index (χ3v) is 6.67. The van der Waals surface area contributed by atoms with Gasteiger partial charge in [-0.05, 0) is 56.0 Å². The number of halogens is 2. The van der Waals surface area contributed by atoms with E-state index in [0.717, 1.165) is 36.2 Å². The number of anilines is 1. The van der Waals surface area contributed by atoms with Crippen molar-refractivity contribution in [2.24, 2.45) is 10.7 Å². The van der Waals surface area contributed by atoms with Crippen molar-refractivity contribution in [1.29, 1.82) is 0 Å². The second-order valence-electron chi connectivity index (χ2n) is 7.13. The van der Waals surface area contributed by atoms with E-state index in [0.29, 0.717) is 34.2 Å². The van der Waals surface area contributed by atoms with Crippen LogP contribution in [0.4, 0.5) is 5.13 Å². The predicted octanol–water partition coefficient (Wildman–Crippen LogP) is 4.79. The molecule has 3 aromatic rings. The number of hydrogen-bond acceptors (Lipinski definition) is 5. The highest BCUT2D eigenvalue weighted by molar-refractivity contribution is 7.15. The lowest BCUT2D eigenvalue weighted by Gasteiger charge is -2.18. The lowest BCUT2D eigenvalue weighted by Crippen LogP contribution is -2.33. The maximum Gasteiger partial charge on any atom is 0.188 e. The average molecular weight is 477 g/mol. The topological polar surface area (TPSA) is 102 Å². The van der Waals surface area contributed by atoms with Gasteiger partial charge in [-0.2, -0.15) is 0 Å². The van der Waals surface area contributed by atoms with Gasteiger partial charge in [0.2, 0.25) is 0 Å². The molecule has 0 bridgehead atoms. The van der Waals surface area contributed by atoms with Crippen LogP contribution in [0.5, 0.6) is 0 Å². The van der Waals surface area contributed by atoms with Crippen LogP contribution in [-0.2, 0) is 6.42 Å². The van der Waals surface area contributed by atoms with Crippen molar-refractivity contribution >= 4 is 45.6 Å². The molecule has 9 heteroatoms. The average Bonchev–Trinajstić information content (AvgIpc) is 3.08. The molecule has 3 rings (SSSR count). The number of nitrogens with zero attached hydrogens (tertiary/aromatic N) is 3. The third kappa shape index (κ3) is 6.82. The number of rotatable bonds is 9. The van der Waals surface area contributed by atoms with Crippen molar-refractivity contribution in [3.8, 4) is 0 Å². The minimum absolute atomic E-state index is 0.0658. The Morgan fingerprint density at radius 1 is 1.23 bits per heavy atom. The van der Waals surface area contributed by atoms with Crippen LogP contribution in [0, 0.1) is 6.92 Å². The van der Waals surface area contributed by atoms with Gasteiger partial charge >= 0.3 is 0 Å². The van der Waals surface area contributed by atoms with Gasteiger partial charge in [0, 0.05) is 35.8 Å². The van der Waals surface area contributed by atoms with E-state index in [1.807, 2.05) is 43.3 Å². The molecular weight excluding hydrogens is 451 g/mol. The molecule has 1 atom stereocenters. The highest BCUT2D eigenvalue weighted by Crippen LogP contribution is 2.31. The van der Waals surface area contributed by atoms with Crippen molar-refractivity contribution in [2.45, 2.75) is 32.1 Å². The summed E-state index contributed by atoms with van der Waals surface area (Å²) in [6.45, 7) is 3.28. The number of aliphatic imine (C=N–C) groups is 1. The van der Waals surface area contributed by atoms with E-state index in [-0.39, 0.29) is 5.92 Å². The predicted molar refractivity (Wildman–Crippen MR) is 131 cm³/mol. The Bertz CT molecular complexity index is 1020. The summed E-state index contributed by atoms with van der Waals surface area (Å²) in [6, 6.07) is 11.6. The molecule has 1 unspecified atom stereocenters. The minimum atomic E-state index is 0.0658. The molecule has 0 spiro atoms. The first-order valence-corrected chi connectivity index (χ1v) is 11.6. The zero-order chi connectivity index (χ0) is 22.2. The molecule has 0 aliphatic rings. The summed E-state index contributed by atoms with van der Waals surface area (Å²) in [5.41, 5.74) is 14.8. The van der Waals surface area contributed by atoms with Crippen molar-refractivity contribution in [2.75, 3.05) is 18.8 Å². The van der Waals surface area contributed by atoms with E-state index in [4.69, 9.17) is 34.7 Å². The standard InChI is InChI=1S/C22H26Cl2N6S/c1-14-20(31-22(26)30-14)6-4-11-28-21(25)29-12-9-16(19-5-2-3-10-27-19)15-7-8-17(23)18(24)13-15/h2-3,5,7-8,10,13,16H,4,6,9,11-12H2,1H3,(H2,26,30)(H3,25,28,29). The number of nitrogens with one attached hydrogen (secondary N) is 1. The molecule has 31 heavy (non-hydrogen) atoms. The zero-order valence-corrected chi connectivity index (χ0v) is 19.6. The molecule has 0 fully saturated rings. The lowest BCUT2D eigenvalue weighted by molar-refractivity contribution is 0.672. The number of aromatic nitrogens is 2. The van der Waals surface area contributed by atoms with Crippen LogP contribution < -0.4 is 16.8 Å². The SMILES string of the molecule is Cc1nc(N)sc1CCCN=C(N)NCCC(c1ccc(Cl)c(Cl)c1)c1ccccn1. The molecule has 0 amide bonds. The fraction of sp³-hybridized carbons (Fsp3) is 0.318. The number of thiazole rings is 1. The van der Waals surface area contributed by atoms with E-state index >= 15 is 0 Å². The third-order valence-electron chi connectivity index (χ3n) is 4.88. The van der Waals surface area contributed by atoms with Crippen LogP contribution in [-0.4, -0.2) is 29.0 Å². The monoisotopic (exact) mass is 476 g/mol. The number of nitrogens with two attached hydrogens (primary N) is 2. The molecule has 2 aromatic heterocycles. The molecule has 0 saturated carbocycles. The van der Waals surface area contributed by atoms with E-state index in [2.05, 4.69) is 20.3 Å². The Kier molecular flexibility index (Phi) is 8.51. The summed E-state index contributed by atoms with van der Waals surface area (Å²) < 4.78 is 0. The molecule has 0 aliphatic heterocycles. The number of benzene rings is 1. The summed E-state index contributed by atoms with van der Waals surface area (Å²) in [6.07, 6.45) is 4.37. The Labute approximate surface area is 196 Å². The quantitative estimate of drug-likeness (QED) is 0.234. The van der Waals surface area contributed by atoms with Gasteiger partial charge < -0.3 is 16.8 Å². The molecule has 5 N–H and O–H groups in total. The maximum atomic E-state index is 6.24. The first kappa shape index (κ1) is 23.3. The number of nitrogen functional groups attached to an aromatic ring is 1. The molecule has 6 nitrogen and oxygen atoms in total. The molecular formula is C22H26Cl2N6S. The summed E-state index contributed by atoms with van der Waals surface area (Å²) in [5, 5.41) is 4.89. The summed E-state index contributed by atoms with van der Waals surface area (Å²) in [7, 11) is 0. The van der Waals surface area contributed by atoms with E-state index in [1.165, 1.54) is 16.2 Å². The molecule has 164 valence electrons. The molecule has 1 aromatic carbocycles. The van der Waals surface area contributed by atoms with Crippen LogP contribution in [0.15, 0.2) is 47.6 Å². The second kappa shape index (κ2) is 11.3. The molecule has 2 heterocycles. The van der Waals surface area contributed by atoms with Crippen molar-refractivity contribution < 1.29 is 0 Å². The Hall–Kier alpha value is -2.35. The summed E-state index contributed by atoms with van der Waals surface area (Å²) >= 11 is 13.9. The number of aryl methyl sites for hydroxylation is 2. The normalized spacial score (nSPS) is 12.7. The van der Waals surface area contributed by atoms with E-state index < -0.39 is 0 Å². The van der Waals surface area contributed by atoms with Crippen molar-refractivity contribution in [3.05, 3.63) is 74.5 Å². The number of pyridine rings is 1. The Morgan fingerprint density at radius 3 is 2.74 bits per heavy atom. The van der Waals surface area contributed by atoms with Gasteiger partial charge in [-0.15, -0.1) is 11.3 Å². The summed E-state index contributed by atoms with van der Waals surface area (Å²) in [5.74, 6) is 0.505. The number of guanidine groups is 1. The smallest absolute Gasteiger partial charge is 0.188 e. The van der Waals surface area contributed by atoms with Crippen LogP contribution >= 0.6 is 34.5 Å². The van der Waals surface area contributed by atoms with E-state index in [1.54, 1.807) is 6.20 Å². The fourth-order valence-corrected chi connectivity index (χ4v) is 4.50. The van der Waals surface area contributed by atoms with Crippen LogP contribution in [0.2, 0.25) is 10.0 Å². The summed E-state index contributed by atoms with van der Waals surface area (Å²) in [4.78, 5) is 14.4. The maximum absolute atomic E-state index is 6.24. The lowest BCUT2D eigenvalue weighted by atomic mass is 9.92. The Morgan fingerprint density at radius 2 is 2.06 bits per heavy atom. The van der Waals surface area contributed by atoms with Crippen LogP contribution in [0.25, 0.3) is 0 Å². The van der Waals surface area contributed by atoms with E-state index in [9.17, 15) is 0 Å². The first-order chi connectivity index (χ1) is 14.9. The van der Waals surface area contributed by atoms with Gasteiger partial charge in [-0.1, -0.05) is 35.3 Å². The minimum Gasteiger partial charge on any atom is -0.375 e. The second-order valence-corrected chi connectivity index (χ2v) is 9.06. The van der Waals surface area contributed by atoms with Gasteiger partial charge in [0.25, 0.3) is 0 Å².